The largest absolute Gasteiger partial charge is 0.390 e. The van der Waals surface area contributed by atoms with Gasteiger partial charge in [0.05, 0.1) is 11.2 Å². The fourth-order valence-electron chi connectivity index (χ4n) is 4.06. The van der Waals surface area contributed by atoms with Crippen molar-refractivity contribution in [2.45, 2.75) is 56.7 Å². The topological polar surface area (TPSA) is 38.7 Å². The highest BCUT2D eigenvalue weighted by Crippen LogP contribution is 2.50. The summed E-state index contributed by atoms with van der Waals surface area (Å²) < 4.78 is 11.5. The van der Waals surface area contributed by atoms with Crippen molar-refractivity contribution in [3.05, 3.63) is 0 Å². The van der Waals surface area contributed by atoms with Crippen molar-refractivity contribution >= 4 is 0 Å². The summed E-state index contributed by atoms with van der Waals surface area (Å²) in [6.07, 6.45) is 6.07. The van der Waals surface area contributed by atoms with Crippen molar-refractivity contribution in [3.8, 4) is 0 Å². The lowest BCUT2D eigenvalue weighted by Gasteiger charge is -2.53. The van der Waals surface area contributed by atoms with Gasteiger partial charge in [-0.1, -0.05) is 6.92 Å². The maximum atomic E-state index is 10.6. The molecule has 1 N–H and O–H groups in total. The predicted molar refractivity (Wildman–Crippen MR) is 64.8 cm³/mol. The van der Waals surface area contributed by atoms with Crippen LogP contribution in [0.3, 0.4) is 0 Å². The van der Waals surface area contributed by atoms with E-state index < -0.39 is 0 Å². The molecule has 0 radical (unpaired) electrons. The molecule has 1 unspecified atom stereocenters. The van der Waals surface area contributed by atoms with E-state index in [2.05, 4.69) is 6.92 Å². The van der Waals surface area contributed by atoms with Gasteiger partial charge >= 0.3 is 0 Å². The Hall–Kier alpha value is -0.120. The van der Waals surface area contributed by atoms with E-state index >= 15 is 0 Å². The molecule has 17 heavy (non-hydrogen) atoms. The predicted octanol–water partition coefficient (Wildman–Crippen LogP) is 2.12. The first kappa shape index (κ1) is 11.9. The molecule has 0 amide bonds. The molecule has 1 saturated carbocycles. The van der Waals surface area contributed by atoms with Crippen molar-refractivity contribution in [3.63, 3.8) is 0 Å². The average Bonchev–Trinajstić information content (AvgIpc) is 2.28. The van der Waals surface area contributed by atoms with Gasteiger partial charge in [0.25, 0.3) is 0 Å². The third-order valence-corrected chi connectivity index (χ3v) is 5.06. The smallest absolute Gasteiger partial charge is 0.0730 e. The Morgan fingerprint density at radius 2 is 1.76 bits per heavy atom. The summed E-state index contributed by atoms with van der Waals surface area (Å²) in [4.78, 5) is 0. The van der Waals surface area contributed by atoms with Crippen LogP contribution in [0.1, 0.15) is 45.4 Å². The normalized spacial score (nSPS) is 45.5. The number of aliphatic hydroxyl groups is 1. The average molecular weight is 240 g/mol. The summed E-state index contributed by atoms with van der Waals surface area (Å²) in [5, 5.41) is 10.6. The van der Waals surface area contributed by atoms with Gasteiger partial charge in [0.2, 0.25) is 0 Å². The van der Waals surface area contributed by atoms with Crippen molar-refractivity contribution < 1.29 is 14.6 Å². The molecule has 0 aromatic carbocycles. The van der Waals surface area contributed by atoms with Gasteiger partial charge < -0.3 is 14.6 Å². The molecule has 3 nitrogen and oxygen atoms in total. The van der Waals surface area contributed by atoms with Gasteiger partial charge in [0.15, 0.2) is 0 Å². The third-order valence-electron chi connectivity index (χ3n) is 5.06. The molecule has 3 heteroatoms. The first-order valence-electron chi connectivity index (χ1n) is 7.06. The third kappa shape index (κ3) is 2.13. The van der Waals surface area contributed by atoms with Crippen molar-refractivity contribution in [2.75, 3.05) is 19.8 Å². The second-order valence-corrected chi connectivity index (χ2v) is 6.45. The summed E-state index contributed by atoms with van der Waals surface area (Å²) in [5.74, 6) is 1.15. The first-order valence-corrected chi connectivity index (χ1v) is 7.06. The minimum absolute atomic E-state index is 0.0235. The zero-order valence-corrected chi connectivity index (χ0v) is 10.8. The lowest BCUT2D eigenvalue weighted by Crippen LogP contribution is -2.55. The van der Waals surface area contributed by atoms with E-state index in [-0.39, 0.29) is 11.2 Å². The summed E-state index contributed by atoms with van der Waals surface area (Å²) in [6.45, 7) is 4.70. The van der Waals surface area contributed by atoms with E-state index in [0.717, 1.165) is 58.3 Å². The lowest BCUT2D eigenvalue weighted by molar-refractivity contribution is -0.198. The zero-order valence-electron chi connectivity index (χ0n) is 10.8. The number of rotatable bonds is 1. The van der Waals surface area contributed by atoms with Crippen LogP contribution < -0.4 is 0 Å². The van der Waals surface area contributed by atoms with Crippen LogP contribution in [0.2, 0.25) is 0 Å². The fourth-order valence-corrected chi connectivity index (χ4v) is 4.06. The molecule has 2 heterocycles. The molecule has 2 saturated heterocycles. The molecular weight excluding hydrogens is 216 g/mol. The first-order chi connectivity index (χ1) is 8.12. The highest BCUT2D eigenvalue weighted by molar-refractivity contribution is 5.02. The van der Waals surface area contributed by atoms with Gasteiger partial charge in [-0.2, -0.15) is 0 Å². The maximum Gasteiger partial charge on any atom is 0.0730 e. The highest BCUT2D eigenvalue weighted by Gasteiger charge is 2.51. The molecule has 3 aliphatic rings. The van der Waals surface area contributed by atoms with Gasteiger partial charge in [-0.25, -0.2) is 0 Å². The lowest BCUT2D eigenvalue weighted by atomic mass is 9.61. The highest BCUT2D eigenvalue weighted by atomic mass is 16.5. The number of hydrogen-bond acceptors (Lipinski definition) is 3. The van der Waals surface area contributed by atoms with Gasteiger partial charge in [0.1, 0.15) is 0 Å². The Labute approximate surface area is 103 Å². The van der Waals surface area contributed by atoms with E-state index in [4.69, 9.17) is 9.47 Å². The molecule has 1 spiro atoms. The van der Waals surface area contributed by atoms with Crippen LogP contribution in [0.15, 0.2) is 0 Å². The van der Waals surface area contributed by atoms with Crippen molar-refractivity contribution in [1.29, 1.82) is 0 Å². The Balaban J connectivity index is 1.67. The van der Waals surface area contributed by atoms with Crippen LogP contribution in [0.5, 0.6) is 0 Å². The van der Waals surface area contributed by atoms with Gasteiger partial charge in [-0.05, 0) is 50.4 Å². The van der Waals surface area contributed by atoms with E-state index in [1.807, 2.05) is 0 Å². The van der Waals surface area contributed by atoms with Gasteiger partial charge in [-0.3, -0.25) is 0 Å². The minimum atomic E-state index is -0.380. The molecule has 3 fully saturated rings. The van der Waals surface area contributed by atoms with Crippen molar-refractivity contribution in [2.24, 2.45) is 11.8 Å². The van der Waals surface area contributed by atoms with E-state index in [1.165, 1.54) is 0 Å². The van der Waals surface area contributed by atoms with E-state index in [0.29, 0.717) is 11.8 Å². The molecule has 0 aromatic rings. The van der Waals surface area contributed by atoms with Gasteiger partial charge in [0, 0.05) is 19.8 Å². The summed E-state index contributed by atoms with van der Waals surface area (Å²) in [7, 11) is 0. The van der Waals surface area contributed by atoms with Gasteiger partial charge in [-0.15, -0.1) is 0 Å². The van der Waals surface area contributed by atoms with Crippen LogP contribution in [-0.4, -0.2) is 36.1 Å². The molecule has 98 valence electrons. The minimum Gasteiger partial charge on any atom is -0.390 e. The van der Waals surface area contributed by atoms with Crippen LogP contribution in [-0.2, 0) is 9.47 Å². The molecule has 1 aliphatic carbocycles. The Morgan fingerprint density at radius 1 is 1.06 bits per heavy atom. The number of hydrogen-bond donors (Lipinski definition) is 1. The SMILES string of the molecule is CC1CC(O)(C2CCOC3(CCOCC3)C2)C1. The Morgan fingerprint density at radius 3 is 2.41 bits per heavy atom. The standard InChI is InChI=1S/C14H24O3/c1-11-8-14(15,9-11)12-2-5-17-13(10-12)3-6-16-7-4-13/h11-12,15H,2-10H2,1H3. The van der Waals surface area contributed by atoms with Crippen LogP contribution in [0.25, 0.3) is 0 Å². The second kappa shape index (κ2) is 4.22. The second-order valence-electron chi connectivity index (χ2n) is 6.45. The molecular formula is C14H24O3. The monoisotopic (exact) mass is 240 g/mol. The Kier molecular flexibility index (Phi) is 2.96. The molecule has 0 aromatic heterocycles. The summed E-state index contributed by atoms with van der Waals surface area (Å²) in [6, 6.07) is 0. The maximum absolute atomic E-state index is 10.6. The van der Waals surface area contributed by atoms with Crippen LogP contribution >= 0.6 is 0 Å². The molecule has 0 bridgehead atoms. The molecule has 2 aliphatic heterocycles. The quantitative estimate of drug-likeness (QED) is 0.763. The molecule has 1 atom stereocenters. The number of ether oxygens (including phenoxy) is 2. The molecule has 3 rings (SSSR count). The van der Waals surface area contributed by atoms with E-state index in [9.17, 15) is 5.11 Å². The Bertz CT molecular complexity index is 272. The van der Waals surface area contributed by atoms with Crippen molar-refractivity contribution in [1.82, 2.24) is 0 Å². The summed E-state index contributed by atoms with van der Waals surface area (Å²) >= 11 is 0. The van der Waals surface area contributed by atoms with Crippen LogP contribution in [0, 0.1) is 11.8 Å². The van der Waals surface area contributed by atoms with E-state index in [1.54, 1.807) is 0 Å². The van der Waals surface area contributed by atoms with Crippen LogP contribution in [0.4, 0.5) is 0 Å². The fraction of sp³-hybridized carbons (Fsp3) is 1.00. The zero-order chi connectivity index (χ0) is 11.9. The summed E-state index contributed by atoms with van der Waals surface area (Å²) in [5.41, 5.74) is -0.357.